The van der Waals surface area contributed by atoms with E-state index in [1.54, 1.807) is 6.92 Å². The number of rotatable bonds is 0. The van der Waals surface area contributed by atoms with Crippen LogP contribution in [0.5, 0.6) is 0 Å². The summed E-state index contributed by atoms with van der Waals surface area (Å²) in [4.78, 5) is 0.378. The summed E-state index contributed by atoms with van der Waals surface area (Å²) in [5, 5.41) is 3.04. The molecule has 14 heavy (non-hydrogen) atoms. The van der Waals surface area contributed by atoms with Crippen molar-refractivity contribution in [3.05, 3.63) is 23.3 Å². The van der Waals surface area contributed by atoms with Crippen molar-refractivity contribution >= 4 is 15.7 Å². The molecule has 1 heterocycles. The first-order chi connectivity index (χ1) is 6.52. The summed E-state index contributed by atoms with van der Waals surface area (Å²) in [5.74, 6) is 0. The minimum absolute atomic E-state index is 0.264. The van der Waals surface area contributed by atoms with E-state index >= 15 is 0 Å². The van der Waals surface area contributed by atoms with Crippen molar-refractivity contribution in [2.24, 2.45) is 0 Å². The van der Waals surface area contributed by atoms with Crippen LogP contribution in [0.4, 0.5) is 5.69 Å². The van der Waals surface area contributed by atoms with Gasteiger partial charge in [-0.05, 0) is 25.0 Å². The predicted octanol–water partition coefficient (Wildman–Crippen LogP) is 0.965. The smallest absolute Gasteiger partial charge is 0.244 e. The van der Waals surface area contributed by atoms with E-state index in [0.717, 1.165) is 16.8 Å². The molecule has 5 heteroatoms. The molecule has 1 aromatic rings. The number of sulfonamides is 1. The van der Waals surface area contributed by atoms with Crippen LogP contribution in [0.2, 0.25) is 0 Å². The normalized spacial score (nSPS) is 18.4. The Morgan fingerprint density at radius 3 is 2.50 bits per heavy atom. The molecule has 0 saturated carbocycles. The summed E-state index contributed by atoms with van der Waals surface area (Å²) in [7, 11) is -3.31. The summed E-state index contributed by atoms with van der Waals surface area (Å²) in [6, 6.07) is 3.74. The van der Waals surface area contributed by atoms with Crippen LogP contribution in [-0.4, -0.2) is 15.1 Å². The first kappa shape index (κ1) is 9.48. The predicted molar refractivity (Wildman–Crippen MR) is 54.7 cm³/mol. The molecule has 1 aromatic carbocycles. The van der Waals surface area contributed by atoms with Gasteiger partial charge >= 0.3 is 0 Å². The molecule has 0 atom stereocenters. The summed E-state index contributed by atoms with van der Waals surface area (Å²) in [6.07, 6.45) is 0. The topological polar surface area (TPSA) is 58.2 Å². The monoisotopic (exact) mass is 212 g/mol. The maximum atomic E-state index is 11.7. The van der Waals surface area contributed by atoms with Crippen molar-refractivity contribution in [2.45, 2.75) is 18.7 Å². The fourth-order valence-electron chi connectivity index (χ4n) is 1.64. The molecule has 0 unspecified atom stereocenters. The lowest BCUT2D eigenvalue weighted by Gasteiger charge is -2.22. The number of hydrogen-bond acceptors (Lipinski definition) is 3. The Morgan fingerprint density at radius 2 is 1.86 bits per heavy atom. The van der Waals surface area contributed by atoms with Crippen LogP contribution >= 0.6 is 0 Å². The van der Waals surface area contributed by atoms with Crippen LogP contribution in [0.15, 0.2) is 17.0 Å². The third-order valence-corrected chi connectivity index (χ3v) is 3.95. The van der Waals surface area contributed by atoms with Gasteiger partial charge in [0.1, 0.15) is 4.90 Å². The molecular weight excluding hydrogens is 200 g/mol. The fourth-order valence-corrected chi connectivity index (χ4v) is 3.04. The summed E-state index contributed by atoms with van der Waals surface area (Å²) in [5.41, 5.74) is 2.45. The van der Waals surface area contributed by atoms with Gasteiger partial charge in [0.2, 0.25) is 10.0 Å². The number of anilines is 1. The molecule has 0 saturated heterocycles. The van der Waals surface area contributed by atoms with E-state index in [1.807, 2.05) is 19.1 Å². The zero-order valence-electron chi connectivity index (χ0n) is 8.09. The van der Waals surface area contributed by atoms with Gasteiger partial charge in [0.05, 0.1) is 12.4 Å². The van der Waals surface area contributed by atoms with Crippen molar-refractivity contribution in [1.29, 1.82) is 0 Å². The molecule has 0 radical (unpaired) electrons. The first-order valence-electron chi connectivity index (χ1n) is 4.36. The summed E-state index contributed by atoms with van der Waals surface area (Å²) < 4.78 is 25.8. The Hall–Kier alpha value is -1.07. The van der Waals surface area contributed by atoms with Crippen molar-refractivity contribution in [3.63, 3.8) is 0 Å². The lowest BCUT2D eigenvalue weighted by molar-refractivity contribution is 0.580. The molecule has 0 spiro atoms. The molecule has 0 fully saturated rings. The van der Waals surface area contributed by atoms with Gasteiger partial charge in [-0.1, -0.05) is 12.1 Å². The van der Waals surface area contributed by atoms with E-state index in [-0.39, 0.29) is 6.67 Å². The minimum Gasteiger partial charge on any atom is -0.370 e. The van der Waals surface area contributed by atoms with Gasteiger partial charge < -0.3 is 5.32 Å². The SMILES string of the molecule is Cc1ccc(C)c2c1NCNS2(=O)=O. The quantitative estimate of drug-likeness (QED) is 0.673. The Bertz CT molecular complexity index is 480. The number of benzene rings is 1. The van der Waals surface area contributed by atoms with Crippen LogP contribution in [0.1, 0.15) is 11.1 Å². The first-order valence-corrected chi connectivity index (χ1v) is 5.84. The lowest BCUT2D eigenvalue weighted by atomic mass is 10.1. The second-order valence-corrected chi connectivity index (χ2v) is 5.11. The van der Waals surface area contributed by atoms with Crippen molar-refractivity contribution in [3.8, 4) is 0 Å². The Balaban J connectivity index is 2.81. The van der Waals surface area contributed by atoms with Gasteiger partial charge in [-0.15, -0.1) is 0 Å². The third-order valence-electron chi connectivity index (χ3n) is 2.36. The third kappa shape index (κ3) is 1.29. The molecule has 1 aliphatic heterocycles. The van der Waals surface area contributed by atoms with E-state index < -0.39 is 10.0 Å². The maximum Gasteiger partial charge on any atom is 0.244 e. The summed E-state index contributed by atoms with van der Waals surface area (Å²) in [6.45, 7) is 3.95. The van der Waals surface area contributed by atoms with Crippen molar-refractivity contribution < 1.29 is 8.42 Å². The maximum absolute atomic E-state index is 11.7. The van der Waals surface area contributed by atoms with Crippen LogP contribution in [0, 0.1) is 13.8 Å². The van der Waals surface area contributed by atoms with E-state index in [0.29, 0.717) is 4.90 Å². The van der Waals surface area contributed by atoms with Gasteiger partial charge in [-0.25, -0.2) is 8.42 Å². The zero-order valence-corrected chi connectivity index (χ0v) is 8.90. The largest absolute Gasteiger partial charge is 0.370 e. The number of hydrogen-bond donors (Lipinski definition) is 2. The van der Waals surface area contributed by atoms with Crippen LogP contribution < -0.4 is 10.0 Å². The molecule has 0 aromatic heterocycles. The molecule has 76 valence electrons. The van der Waals surface area contributed by atoms with E-state index in [1.165, 1.54) is 0 Å². The molecule has 0 amide bonds. The molecule has 0 aliphatic carbocycles. The highest BCUT2D eigenvalue weighted by atomic mass is 32.2. The molecule has 2 rings (SSSR count). The van der Waals surface area contributed by atoms with Crippen LogP contribution in [0.3, 0.4) is 0 Å². The molecule has 0 bridgehead atoms. The number of aryl methyl sites for hydroxylation is 2. The van der Waals surface area contributed by atoms with Gasteiger partial charge in [0.25, 0.3) is 0 Å². The second-order valence-electron chi connectivity index (χ2n) is 3.40. The fraction of sp³-hybridized carbons (Fsp3) is 0.333. The van der Waals surface area contributed by atoms with Crippen molar-refractivity contribution in [2.75, 3.05) is 12.0 Å². The highest BCUT2D eigenvalue weighted by molar-refractivity contribution is 7.89. The van der Waals surface area contributed by atoms with E-state index in [2.05, 4.69) is 10.0 Å². The molecule has 2 N–H and O–H groups in total. The van der Waals surface area contributed by atoms with Crippen LogP contribution in [0.25, 0.3) is 0 Å². The Kier molecular flexibility index (Phi) is 2.01. The van der Waals surface area contributed by atoms with Gasteiger partial charge in [0, 0.05) is 0 Å². The lowest BCUT2D eigenvalue weighted by Crippen LogP contribution is -2.35. The minimum atomic E-state index is -3.31. The Labute approximate surface area is 83.4 Å². The second kappa shape index (κ2) is 2.96. The zero-order chi connectivity index (χ0) is 10.3. The highest BCUT2D eigenvalue weighted by Gasteiger charge is 2.25. The molecule has 1 aliphatic rings. The number of fused-ring (bicyclic) bond motifs is 1. The standard InChI is InChI=1S/C9H12N2O2S/c1-6-3-4-7(2)9-8(6)10-5-11-14(9,12)13/h3-4,10-11H,5H2,1-2H3. The van der Waals surface area contributed by atoms with Gasteiger partial charge in [0.15, 0.2) is 0 Å². The van der Waals surface area contributed by atoms with E-state index in [4.69, 9.17) is 0 Å². The van der Waals surface area contributed by atoms with Gasteiger partial charge in [-0.2, -0.15) is 4.72 Å². The van der Waals surface area contributed by atoms with Crippen LogP contribution in [-0.2, 0) is 10.0 Å². The van der Waals surface area contributed by atoms with Crippen molar-refractivity contribution in [1.82, 2.24) is 4.72 Å². The molecular formula is C9H12N2O2S. The van der Waals surface area contributed by atoms with E-state index in [9.17, 15) is 8.42 Å². The highest BCUT2D eigenvalue weighted by Crippen LogP contribution is 2.30. The average Bonchev–Trinajstić information content (AvgIpc) is 2.10. The van der Waals surface area contributed by atoms with Gasteiger partial charge in [-0.3, -0.25) is 0 Å². The average molecular weight is 212 g/mol. The Morgan fingerprint density at radius 1 is 1.21 bits per heavy atom. The number of nitrogens with one attached hydrogen (secondary N) is 2. The molecule has 4 nitrogen and oxygen atoms in total. The summed E-state index contributed by atoms with van der Waals surface area (Å²) >= 11 is 0.